The second-order valence-electron chi connectivity index (χ2n) is 6.40. The number of carbonyl (C=O) groups excluding carboxylic acids is 1. The van der Waals surface area contributed by atoms with Crippen molar-refractivity contribution < 1.29 is 4.79 Å². The van der Waals surface area contributed by atoms with Crippen LogP contribution in [0.4, 0.5) is 5.69 Å². The highest BCUT2D eigenvalue weighted by Gasteiger charge is 2.17. The van der Waals surface area contributed by atoms with Crippen molar-refractivity contribution in [3.8, 4) is 0 Å². The number of anilines is 1. The van der Waals surface area contributed by atoms with Gasteiger partial charge in [0.2, 0.25) is 5.91 Å². The number of amides is 1. The summed E-state index contributed by atoms with van der Waals surface area (Å²) in [5, 5.41) is 8.15. The summed E-state index contributed by atoms with van der Waals surface area (Å²) < 4.78 is 2.58. The molecule has 0 bridgehead atoms. The summed E-state index contributed by atoms with van der Waals surface area (Å²) in [5.74, 6) is -0.288. The van der Waals surface area contributed by atoms with Crippen LogP contribution in [0, 0.1) is 13.8 Å². The van der Waals surface area contributed by atoms with Gasteiger partial charge in [0, 0.05) is 10.6 Å². The number of aryl methyl sites for hydroxylation is 3. The summed E-state index contributed by atoms with van der Waals surface area (Å²) in [5.41, 5.74) is 3.03. The smallest absolute Gasteiger partial charge is 0.324 e. The van der Waals surface area contributed by atoms with Gasteiger partial charge < -0.3 is 5.32 Å². The van der Waals surface area contributed by atoms with E-state index in [-0.39, 0.29) is 18.1 Å². The monoisotopic (exact) mass is 381 g/mol. The molecule has 0 aliphatic heterocycles. The molecule has 0 fully saturated rings. The fourth-order valence-electron chi connectivity index (χ4n) is 3.15. The first-order valence-electron chi connectivity index (χ1n) is 8.71. The molecule has 0 aliphatic carbocycles. The molecule has 138 valence electrons. The normalized spacial score (nSPS) is 11.4. The third kappa shape index (κ3) is 2.91. The van der Waals surface area contributed by atoms with Crippen LogP contribution in [0.3, 0.4) is 0 Å². The average molecular weight is 381 g/mol. The zero-order valence-corrected chi connectivity index (χ0v) is 16.1. The van der Waals surface area contributed by atoms with E-state index in [9.17, 15) is 9.59 Å². The average Bonchev–Trinajstić information content (AvgIpc) is 3.12. The number of rotatable bonds is 4. The molecular formula is C19H19N5O2S. The van der Waals surface area contributed by atoms with Crippen molar-refractivity contribution in [2.24, 2.45) is 0 Å². The van der Waals surface area contributed by atoms with Crippen molar-refractivity contribution in [2.75, 3.05) is 5.32 Å². The van der Waals surface area contributed by atoms with Gasteiger partial charge in [-0.25, -0.2) is 18.9 Å². The van der Waals surface area contributed by atoms with Crippen LogP contribution in [0.25, 0.3) is 15.9 Å². The minimum absolute atomic E-state index is 0.151. The molecule has 1 aromatic carbocycles. The van der Waals surface area contributed by atoms with Gasteiger partial charge in [0.15, 0.2) is 5.65 Å². The van der Waals surface area contributed by atoms with Crippen LogP contribution < -0.4 is 11.0 Å². The summed E-state index contributed by atoms with van der Waals surface area (Å²) in [6.07, 6.45) is 2.29. The van der Waals surface area contributed by atoms with Crippen LogP contribution >= 0.6 is 11.3 Å². The van der Waals surface area contributed by atoms with Gasteiger partial charge in [-0.3, -0.25) is 4.79 Å². The van der Waals surface area contributed by atoms with Crippen LogP contribution in [0.15, 0.2) is 35.4 Å². The van der Waals surface area contributed by atoms with Gasteiger partial charge in [-0.1, -0.05) is 25.1 Å². The quantitative estimate of drug-likeness (QED) is 0.589. The van der Waals surface area contributed by atoms with Crippen molar-refractivity contribution in [3.05, 3.63) is 57.1 Å². The Morgan fingerprint density at radius 2 is 2.04 bits per heavy atom. The molecule has 0 unspecified atom stereocenters. The molecule has 0 saturated carbocycles. The highest BCUT2D eigenvalue weighted by atomic mass is 32.1. The first-order valence-corrected chi connectivity index (χ1v) is 9.53. The Morgan fingerprint density at radius 1 is 1.26 bits per heavy atom. The first kappa shape index (κ1) is 17.4. The predicted octanol–water partition coefficient (Wildman–Crippen LogP) is 2.92. The SMILES string of the molecule is CCc1ccccc1NC(=O)Cn1nc2c3c(C)c(C)sc3ncn2c1=O. The maximum Gasteiger partial charge on any atom is 0.352 e. The van der Waals surface area contributed by atoms with Gasteiger partial charge in [-0.05, 0) is 37.5 Å². The molecule has 4 aromatic rings. The third-order valence-corrected chi connectivity index (χ3v) is 5.83. The van der Waals surface area contributed by atoms with Gasteiger partial charge in [-0.2, -0.15) is 0 Å². The number of aromatic nitrogens is 4. The Morgan fingerprint density at radius 3 is 2.81 bits per heavy atom. The number of fused-ring (bicyclic) bond motifs is 3. The molecule has 27 heavy (non-hydrogen) atoms. The highest BCUT2D eigenvalue weighted by molar-refractivity contribution is 7.18. The number of thiophene rings is 1. The van der Waals surface area contributed by atoms with E-state index < -0.39 is 0 Å². The Bertz CT molecular complexity index is 1230. The molecule has 0 spiro atoms. The lowest BCUT2D eigenvalue weighted by Crippen LogP contribution is -2.28. The molecule has 4 rings (SSSR count). The minimum Gasteiger partial charge on any atom is -0.324 e. The van der Waals surface area contributed by atoms with Gasteiger partial charge in [-0.15, -0.1) is 16.4 Å². The second kappa shape index (κ2) is 6.62. The Hall–Kier alpha value is -3.00. The lowest BCUT2D eigenvalue weighted by atomic mass is 10.1. The topological polar surface area (TPSA) is 81.3 Å². The number of nitrogens with one attached hydrogen (secondary N) is 1. The number of hydrogen-bond donors (Lipinski definition) is 1. The van der Waals surface area contributed by atoms with Crippen LogP contribution in [0.2, 0.25) is 0 Å². The maximum absolute atomic E-state index is 12.6. The summed E-state index contributed by atoms with van der Waals surface area (Å²) in [6, 6.07) is 7.63. The van der Waals surface area contributed by atoms with Gasteiger partial charge in [0.25, 0.3) is 0 Å². The highest BCUT2D eigenvalue weighted by Crippen LogP contribution is 2.30. The van der Waals surface area contributed by atoms with E-state index in [1.807, 2.05) is 45.0 Å². The molecule has 0 radical (unpaired) electrons. The van der Waals surface area contributed by atoms with E-state index in [4.69, 9.17) is 0 Å². The van der Waals surface area contributed by atoms with Crippen molar-refractivity contribution >= 4 is 38.8 Å². The number of para-hydroxylation sites is 1. The van der Waals surface area contributed by atoms with Crippen LogP contribution in [0.1, 0.15) is 22.9 Å². The lowest BCUT2D eigenvalue weighted by Gasteiger charge is -2.09. The largest absolute Gasteiger partial charge is 0.352 e. The van der Waals surface area contributed by atoms with E-state index in [1.54, 1.807) is 11.3 Å². The lowest BCUT2D eigenvalue weighted by molar-refractivity contribution is -0.117. The summed E-state index contributed by atoms with van der Waals surface area (Å²) in [6.45, 7) is 5.89. The molecule has 0 aliphatic rings. The molecule has 3 aromatic heterocycles. The number of nitrogens with zero attached hydrogens (tertiary/aromatic N) is 4. The van der Waals surface area contributed by atoms with Crippen LogP contribution in [-0.4, -0.2) is 25.1 Å². The Kier molecular flexibility index (Phi) is 4.27. The molecule has 0 atom stereocenters. The minimum atomic E-state index is -0.374. The fraction of sp³-hybridized carbons (Fsp3) is 0.263. The van der Waals surface area contributed by atoms with Crippen molar-refractivity contribution in [1.82, 2.24) is 19.2 Å². The van der Waals surface area contributed by atoms with E-state index in [0.717, 1.165) is 38.3 Å². The number of hydrogen-bond acceptors (Lipinski definition) is 5. The Labute approximate surface area is 159 Å². The van der Waals surface area contributed by atoms with Crippen LogP contribution in [-0.2, 0) is 17.8 Å². The predicted molar refractivity (Wildman–Crippen MR) is 107 cm³/mol. The zero-order chi connectivity index (χ0) is 19.1. The standard InChI is InChI=1S/C19H19N5O2S/c1-4-13-7-5-6-8-14(13)21-15(25)9-24-19(26)23-10-20-18-16(17(23)22-24)11(2)12(3)27-18/h5-8,10H,4,9H2,1-3H3,(H,21,25). The van der Waals surface area contributed by atoms with Crippen molar-refractivity contribution in [2.45, 2.75) is 33.7 Å². The van der Waals surface area contributed by atoms with Gasteiger partial charge >= 0.3 is 5.69 Å². The fourth-order valence-corrected chi connectivity index (χ4v) is 4.14. The number of carbonyl (C=O) groups is 1. The van der Waals surface area contributed by atoms with E-state index in [1.165, 1.54) is 15.4 Å². The second-order valence-corrected chi connectivity index (χ2v) is 7.60. The molecule has 7 nitrogen and oxygen atoms in total. The summed E-state index contributed by atoms with van der Waals surface area (Å²) >= 11 is 1.57. The molecule has 8 heteroatoms. The molecule has 0 saturated heterocycles. The zero-order valence-electron chi connectivity index (χ0n) is 15.3. The van der Waals surface area contributed by atoms with Gasteiger partial charge in [0.05, 0.1) is 5.39 Å². The molecule has 3 heterocycles. The van der Waals surface area contributed by atoms with Crippen molar-refractivity contribution in [3.63, 3.8) is 0 Å². The molecule has 1 N–H and O–H groups in total. The molecule has 1 amide bonds. The maximum atomic E-state index is 12.6. The summed E-state index contributed by atoms with van der Waals surface area (Å²) in [7, 11) is 0. The number of benzene rings is 1. The van der Waals surface area contributed by atoms with E-state index in [2.05, 4.69) is 15.4 Å². The molecular weight excluding hydrogens is 362 g/mol. The van der Waals surface area contributed by atoms with Crippen molar-refractivity contribution in [1.29, 1.82) is 0 Å². The summed E-state index contributed by atoms with van der Waals surface area (Å²) in [4.78, 5) is 31.5. The first-order chi connectivity index (χ1) is 13.0. The Balaban J connectivity index is 1.70. The van der Waals surface area contributed by atoms with E-state index >= 15 is 0 Å². The van der Waals surface area contributed by atoms with E-state index in [0.29, 0.717) is 5.65 Å². The third-order valence-electron chi connectivity index (χ3n) is 4.72. The van der Waals surface area contributed by atoms with Gasteiger partial charge in [0.1, 0.15) is 17.7 Å². The van der Waals surface area contributed by atoms with Crippen LogP contribution in [0.5, 0.6) is 0 Å².